The number of amides is 1. The quantitative estimate of drug-likeness (QED) is 0.223. The van der Waals surface area contributed by atoms with Crippen molar-refractivity contribution in [2.24, 2.45) is 0 Å². The molecule has 3 nitrogen and oxygen atoms in total. The molecule has 40 heavy (non-hydrogen) atoms. The van der Waals surface area contributed by atoms with E-state index >= 15 is 4.57 Å². The molecule has 1 N–H and O–H groups in total. The molecule has 0 aliphatic heterocycles. The third kappa shape index (κ3) is 4.72. The number of para-hydroxylation sites is 1. The van der Waals surface area contributed by atoms with Crippen molar-refractivity contribution in [3.05, 3.63) is 151 Å². The highest BCUT2D eigenvalue weighted by molar-refractivity contribution is 7.78. The van der Waals surface area contributed by atoms with Gasteiger partial charge in [0.25, 0.3) is 0 Å². The molecule has 198 valence electrons. The third-order valence-corrected chi connectivity index (χ3v) is 11.4. The maximum atomic E-state index is 15.3. The number of rotatable bonds is 6. The van der Waals surface area contributed by atoms with E-state index in [9.17, 15) is 4.79 Å². The molecule has 0 radical (unpaired) electrons. The summed E-state index contributed by atoms with van der Waals surface area (Å²) >= 11 is 0. The van der Waals surface area contributed by atoms with Gasteiger partial charge >= 0.3 is 0 Å². The lowest BCUT2D eigenvalue weighted by molar-refractivity contribution is -0.121. The van der Waals surface area contributed by atoms with E-state index in [0.717, 1.165) is 38.6 Å². The first kappa shape index (κ1) is 26.0. The molecule has 0 bridgehead atoms. The molecular weight excluding hydrogens is 509 g/mol. The smallest absolute Gasteiger partial charge is 0.234 e. The average molecular weight is 542 g/mol. The maximum absolute atomic E-state index is 15.3. The van der Waals surface area contributed by atoms with Crippen LogP contribution >= 0.6 is 7.14 Å². The van der Waals surface area contributed by atoms with Crippen LogP contribution in [-0.4, -0.2) is 12.1 Å². The largest absolute Gasteiger partial charge is 0.325 e. The van der Waals surface area contributed by atoms with Crippen LogP contribution in [0.25, 0.3) is 11.1 Å². The fourth-order valence-electron chi connectivity index (χ4n) is 6.19. The number of carbonyl (C=O) groups excluding carboxylic acids is 1. The van der Waals surface area contributed by atoms with Crippen molar-refractivity contribution in [3.8, 4) is 11.1 Å². The first-order valence-electron chi connectivity index (χ1n) is 13.7. The molecule has 0 heterocycles. The monoisotopic (exact) mass is 541 g/mol. The summed E-state index contributed by atoms with van der Waals surface area (Å²) in [7, 11) is -3.05. The van der Waals surface area contributed by atoms with Crippen molar-refractivity contribution < 1.29 is 9.36 Å². The Morgan fingerprint density at radius 2 is 1.20 bits per heavy atom. The number of anilines is 1. The molecular formula is C36H32NO2P. The molecule has 6 rings (SSSR count). The predicted molar refractivity (Wildman–Crippen MR) is 166 cm³/mol. The Morgan fingerprint density at radius 3 is 1.82 bits per heavy atom. The van der Waals surface area contributed by atoms with Crippen molar-refractivity contribution in [3.63, 3.8) is 0 Å². The standard InChI is InChI=1S/C36H32NO2P/c1-36(35(38)37-28-15-5-2-6-16-28)25-27(31-21-11-12-22-32(31)33-23-13-14-24-34(33)36)26-40(39,29-17-7-3-8-18-29)30-19-9-4-10-20-30/h2-24,27H,25-26H2,1H3,(H,37,38). The summed E-state index contributed by atoms with van der Waals surface area (Å²) in [6, 6.07) is 45.9. The van der Waals surface area contributed by atoms with Gasteiger partial charge in [0.15, 0.2) is 0 Å². The Hall–Kier alpha value is -4.20. The maximum Gasteiger partial charge on any atom is 0.234 e. The zero-order chi connectivity index (χ0) is 27.6. The minimum Gasteiger partial charge on any atom is -0.325 e. The van der Waals surface area contributed by atoms with Crippen molar-refractivity contribution in [1.29, 1.82) is 0 Å². The number of hydrogen-bond acceptors (Lipinski definition) is 2. The first-order chi connectivity index (χ1) is 19.5. The summed E-state index contributed by atoms with van der Waals surface area (Å²) in [5.41, 5.74) is 4.20. The Balaban J connectivity index is 1.51. The number of benzene rings is 5. The Bertz CT molecular complexity index is 1640. The number of fused-ring (bicyclic) bond motifs is 3. The van der Waals surface area contributed by atoms with Gasteiger partial charge in [0.2, 0.25) is 5.91 Å². The van der Waals surface area contributed by atoms with Gasteiger partial charge in [0.05, 0.1) is 5.41 Å². The minimum atomic E-state index is -3.05. The summed E-state index contributed by atoms with van der Waals surface area (Å²) in [5, 5.41) is 4.87. The number of carbonyl (C=O) groups is 1. The molecule has 1 aliphatic rings. The van der Waals surface area contributed by atoms with E-state index in [1.807, 2.05) is 116 Å². The Labute approximate surface area is 236 Å². The molecule has 0 saturated heterocycles. The second kappa shape index (κ2) is 10.8. The van der Waals surface area contributed by atoms with E-state index in [1.54, 1.807) is 0 Å². The number of hydrogen-bond donors (Lipinski definition) is 1. The van der Waals surface area contributed by atoms with Crippen LogP contribution in [-0.2, 0) is 14.8 Å². The highest BCUT2D eigenvalue weighted by Crippen LogP contribution is 2.54. The molecule has 5 aromatic rings. The number of nitrogens with one attached hydrogen (secondary N) is 1. The van der Waals surface area contributed by atoms with Crippen molar-refractivity contribution in [1.82, 2.24) is 0 Å². The second-order valence-corrected chi connectivity index (χ2v) is 13.7. The fourth-order valence-corrected chi connectivity index (χ4v) is 9.16. The van der Waals surface area contributed by atoms with E-state index in [1.165, 1.54) is 0 Å². The molecule has 0 saturated carbocycles. The lowest BCUT2D eigenvalue weighted by atomic mass is 9.74. The summed E-state index contributed by atoms with van der Waals surface area (Å²) in [4.78, 5) is 14.2. The lowest BCUT2D eigenvalue weighted by Gasteiger charge is -2.33. The van der Waals surface area contributed by atoms with Crippen LogP contribution in [0.15, 0.2) is 140 Å². The van der Waals surface area contributed by atoms with Crippen molar-refractivity contribution in [2.45, 2.75) is 24.7 Å². The van der Waals surface area contributed by atoms with Crippen molar-refractivity contribution >= 4 is 29.3 Å². The SMILES string of the molecule is CC1(C(=O)Nc2ccccc2)CC(CP(=O)(c2ccccc2)c2ccccc2)c2ccccc2-c2ccccc21. The van der Waals surface area contributed by atoms with E-state index in [-0.39, 0.29) is 11.8 Å². The zero-order valence-corrected chi connectivity index (χ0v) is 23.4. The predicted octanol–water partition coefficient (Wildman–Crippen LogP) is 7.75. The normalized spacial score (nSPS) is 18.2. The summed E-state index contributed by atoms with van der Waals surface area (Å²) in [6.45, 7) is 2.04. The topological polar surface area (TPSA) is 46.2 Å². The second-order valence-electron chi connectivity index (χ2n) is 10.8. The molecule has 4 heteroatoms. The van der Waals surface area contributed by atoms with Crippen LogP contribution in [0.3, 0.4) is 0 Å². The molecule has 2 atom stereocenters. The highest BCUT2D eigenvalue weighted by atomic mass is 31.2. The van der Waals surface area contributed by atoms with Crippen LogP contribution in [0.2, 0.25) is 0 Å². The Kier molecular flexibility index (Phi) is 7.00. The van der Waals surface area contributed by atoms with Crippen LogP contribution in [0, 0.1) is 0 Å². The summed E-state index contributed by atoms with van der Waals surface area (Å²) in [5.74, 6) is -0.181. The van der Waals surface area contributed by atoms with Crippen LogP contribution < -0.4 is 15.9 Å². The van der Waals surface area contributed by atoms with Gasteiger partial charge in [-0.3, -0.25) is 4.79 Å². The van der Waals surface area contributed by atoms with Gasteiger partial charge in [0.1, 0.15) is 7.14 Å². The van der Waals surface area contributed by atoms with Gasteiger partial charge in [-0.05, 0) is 53.6 Å². The van der Waals surface area contributed by atoms with E-state index in [4.69, 9.17) is 0 Å². The van der Waals surface area contributed by atoms with Gasteiger partial charge in [-0.1, -0.05) is 127 Å². The first-order valence-corrected chi connectivity index (χ1v) is 15.6. The Morgan fingerprint density at radius 1 is 0.700 bits per heavy atom. The van der Waals surface area contributed by atoms with Crippen molar-refractivity contribution in [2.75, 3.05) is 11.5 Å². The fraction of sp³-hybridized carbons (Fsp3) is 0.139. The van der Waals surface area contributed by atoms with Gasteiger partial charge < -0.3 is 9.88 Å². The van der Waals surface area contributed by atoms with Gasteiger partial charge in [-0.25, -0.2) is 0 Å². The molecule has 1 amide bonds. The van der Waals surface area contributed by atoms with Crippen LogP contribution in [0.5, 0.6) is 0 Å². The minimum absolute atomic E-state index is 0.0572. The van der Waals surface area contributed by atoms with Crippen LogP contribution in [0.4, 0.5) is 5.69 Å². The summed E-state index contributed by atoms with van der Waals surface area (Å²) < 4.78 is 15.3. The van der Waals surface area contributed by atoms with Crippen LogP contribution in [0.1, 0.15) is 30.4 Å². The molecule has 2 unspecified atom stereocenters. The third-order valence-electron chi connectivity index (χ3n) is 8.22. The average Bonchev–Trinajstić information content (AvgIpc) is 3.12. The highest BCUT2D eigenvalue weighted by Gasteiger charge is 2.44. The van der Waals surface area contributed by atoms with E-state index < -0.39 is 12.6 Å². The molecule has 0 fully saturated rings. The zero-order valence-electron chi connectivity index (χ0n) is 22.5. The summed E-state index contributed by atoms with van der Waals surface area (Å²) in [6.07, 6.45) is 0.962. The molecule has 0 aromatic heterocycles. The van der Waals surface area contributed by atoms with Gasteiger partial charge in [-0.2, -0.15) is 0 Å². The molecule has 1 aliphatic carbocycles. The van der Waals surface area contributed by atoms with Gasteiger partial charge in [0, 0.05) is 22.5 Å². The molecule has 0 spiro atoms. The van der Waals surface area contributed by atoms with E-state index in [0.29, 0.717) is 12.6 Å². The lowest BCUT2D eigenvalue weighted by Crippen LogP contribution is -2.39. The van der Waals surface area contributed by atoms with E-state index in [2.05, 4.69) is 35.6 Å². The van der Waals surface area contributed by atoms with Gasteiger partial charge in [-0.15, -0.1) is 0 Å². The molecule has 5 aromatic carbocycles.